The molecule has 1 aromatic rings. The fraction of sp³-hybridized carbons (Fsp3) is 0.455. The first-order chi connectivity index (χ1) is 7.16. The molecule has 0 heterocycles. The van der Waals surface area contributed by atoms with E-state index in [9.17, 15) is 18.3 Å². The largest absolute Gasteiger partial charge is 0.507 e. The second kappa shape index (κ2) is 3.97. The van der Waals surface area contributed by atoms with E-state index in [4.69, 9.17) is 5.73 Å². The summed E-state index contributed by atoms with van der Waals surface area (Å²) in [5.74, 6) is -5.15. The molecule has 0 saturated carbocycles. The van der Waals surface area contributed by atoms with Crippen molar-refractivity contribution in [3.8, 4) is 5.75 Å². The van der Waals surface area contributed by atoms with Crippen LogP contribution in [0.5, 0.6) is 5.75 Å². The number of benzene rings is 1. The fourth-order valence-corrected chi connectivity index (χ4v) is 1.33. The Kier molecular flexibility index (Phi) is 3.19. The minimum Gasteiger partial charge on any atom is -0.507 e. The number of rotatable bonds is 1. The van der Waals surface area contributed by atoms with Crippen LogP contribution in [0.1, 0.15) is 32.4 Å². The van der Waals surface area contributed by atoms with Gasteiger partial charge >= 0.3 is 0 Å². The molecule has 5 heteroatoms. The molecule has 0 aliphatic rings. The molecule has 0 fully saturated rings. The van der Waals surface area contributed by atoms with Crippen molar-refractivity contribution in [3.05, 3.63) is 29.1 Å². The first-order valence-corrected chi connectivity index (χ1v) is 4.78. The highest BCUT2D eigenvalue weighted by Crippen LogP contribution is 2.38. The van der Waals surface area contributed by atoms with E-state index in [1.165, 1.54) is 0 Å². The van der Waals surface area contributed by atoms with Gasteiger partial charge in [0, 0.05) is 12.1 Å². The van der Waals surface area contributed by atoms with Crippen molar-refractivity contribution in [2.75, 3.05) is 0 Å². The molecule has 1 aromatic carbocycles. The summed E-state index contributed by atoms with van der Waals surface area (Å²) in [6, 6.07) is -0.401. The first-order valence-electron chi connectivity index (χ1n) is 4.78. The molecule has 1 atom stereocenters. The first kappa shape index (κ1) is 12.8. The molecular weight excluding hydrogens is 219 g/mol. The van der Waals surface area contributed by atoms with Gasteiger partial charge in [-0.25, -0.2) is 13.2 Å². The van der Waals surface area contributed by atoms with Crippen LogP contribution < -0.4 is 5.73 Å². The second-order valence-electron chi connectivity index (χ2n) is 4.76. The van der Waals surface area contributed by atoms with E-state index in [1.807, 2.05) is 0 Å². The Morgan fingerprint density at radius 1 is 1.19 bits per heavy atom. The lowest BCUT2D eigenvalue weighted by atomic mass is 9.82. The van der Waals surface area contributed by atoms with E-state index >= 15 is 0 Å². The van der Waals surface area contributed by atoms with Gasteiger partial charge in [0.2, 0.25) is 0 Å². The lowest BCUT2D eigenvalue weighted by Crippen LogP contribution is -2.27. The van der Waals surface area contributed by atoms with Crippen molar-refractivity contribution < 1.29 is 18.3 Å². The Morgan fingerprint density at radius 3 is 2.12 bits per heavy atom. The molecule has 0 saturated heterocycles. The zero-order chi connectivity index (χ0) is 12.7. The predicted molar refractivity (Wildman–Crippen MR) is 54.4 cm³/mol. The molecule has 3 N–H and O–H groups in total. The molecule has 0 aliphatic carbocycles. The topological polar surface area (TPSA) is 46.2 Å². The van der Waals surface area contributed by atoms with Crippen LogP contribution in [-0.4, -0.2) is 5.11 Å². The summed E-state index contributed by atoms with van der Waals surface area (Å²) in [4.78, 5) is 0. The Labute approximate surface area is 91.9 Å². The molecule has 0 radical (unpaired) electrons. The molecular formula is C11H14F3NO. The highest BCUT2D eigenvalue weighted by Gasteiger charge is 2.30. The smallest absolute Gasteiger partial charge is 0.195 e. The summed E-state index contributed by atoms with van der Waals surface area (Å²) in [6.07, 6.45) is 0. The molecule has 0 aliphatic heterocycles. The van der Waals surface area contributed by atoms with Gasteiger partial charge < -0.3 is 10.8 Å². The number of nitrogens with two attached hydrogens (primary N) is 1. The Balaban J connectivity index is 3.40. The highest BCUT2D eigenvalue weighted by atomic mass is 19.2. The summed E-state index contributed by atoms with van der Waals surface area (Å²) < 4.78 is 39.2. The van der Waals surface area contributed by atoms with E-state index in [0.29, 0.717) is 6.07 Å². The Hall–Kier alpha value is -1.23. The van der Waals surface area contributed by atoms with Crippen LogP contribution in [0.4, 0.5) is 13.2 Å². The molecule has 0 bridgehead atoms. The quantitative estimate of drug-likeness (QED) is 0.732. The van der Waals surface area contributed by atoms with Crippen molar-refractivity contribution in [3.63, 3.8) is 0 Å². The van der Waals surface area contributed by atoms with Crippen molar-refractivity contribution in [2.45, 2.75) is 26.8 Å². The van der Waals surface area contributed by atoms with Crippen molar-refractivity contribution in [2.24, 2.45) is 11.1 Å². The number of phenols is 1. The summed E-state index contributed by atoms with van der Waals surface area (Å²) in [6.45, 7) is 5.12. The molecule has 16 heavy (non-hydrogen) atoms. The minimum absolute atomic E-state index is 0.397. The molecule has 2 nitrogen and oxygen atoms in total. The highest BCUT2D eigenvalue weighted by molar-refractivity contribution is 5.38. The van der Waals surface area contributed by atoms with Gasteiger partial charge in [-0.15, -0.1) is 0 Å². The maximum Gasteiger partial charge on any atom is 0.195 e. The van der Waals surface area contributed by atoms with Crippen molar-refractivity contribution in [1.82, 2.24) is 0 Å². The average molecular weight is 233 g/mol. The number of aromatic hydroxyl groups is 1. The molecule has 1 rings (SSSR count). The van der Waals surface area contributed by atoms with Gasteiger partial charge in [-0.05, 0) is 5.41 Å². The van der Waals surface area contributed by atoms with Gasteiger partial charge in [0.25, 0.3) is 0 Å². The zero-order valence-corrected chi connectivity index (χ0v) is 9.31. The maximum atomic E-state index is 13.4. The molecule has 90 valence electrons. The third kappa shape index (κ3) is 2.14. The molecule has 0 unspecified atom stereocenters. The Morgan fingerprint density at radius 2 is 1.69 bits per heavy atom. The summed E-state index contributed by atoms with van der Waals surface area (Å²) in [5, 5.41) is 9.40. The maximum absolute atomic E-state index is 13.4. The van der Waals surface area contributed by atoms with Crippen LogP contribution in [0.3, 0.4) is 0 Å². The van der Waals surface area contributed by atoms with E-state index in [0.717, 1.165) is 0 Å². The average Bonchev–Trinajstić information content (AvgIpc) is 2.13. The lowest BCUT2D eigenvalue weighted by molar-refractivity contribution is 0.301. The van der Waals surface area contributed by atoms with E-state index in [1.54, 1.807) is 20.8 Å². The van der Waals surface area contributed by atoms with Crippen LogP contribution in [-0.2, 0) is 0 Å². The number of phenolic OH excluding ortho intramolecular Hbond substituents is 1. The van der Waals surface area contributed by atoms with Gasteiger partial charge in [0.1, 0.15) is 5.75 Å². The van der Waals surface area contributed by atoms with Gasteiger partial charge in [-0.1, -0.05) is 20.8 Å². The second-order valence-corrected chi connectivity index (χ2v) is 4.76. The standard InChI is InChI=1S/C11H14F3NO/c1-11(2,3)10(15)7-6(16)4-5(12)8(13)9(7)14/h4,10,16H,15H2,1-3H3/t10-/m1/s1. The van der Waals surface area contributed by atoms with Crippen LogP contribution >= 0.6 is 0 Å². The van der Waals surface area contributed by atoms with Gasteiger partial charge in [0.05, 0.1) is 5.56 Å². The van der Waals surface area contributed by atoms with Crippen molar-refractivity contribution in [1.29, 1.82) is 0 Å². The monoisotopic (exact) mass is 233 g/mol. The van der Waals surface area contributed by atoms with Gasteiger partial charge in [-0.2, -0.15) is 0 Å². The van der Waals surface area contributed by atoms with Gasteiger partial charge in [0.15, 0.2) is 17.5 Å². The third-order valence-electron chi connectivity index (χ3n) is 2.42. The Bertz CT molecular complexity index is 413. The molecule has 0 amide bonds. The van der Waals surface area contributed by atoms with Crippen LogP contribution in [0.25, 0.3) is 0 Å². The minimum atomic E-state index is -1.62. The summed E-state index contributed by atoms with van der Waals surface area (Å²) >= 11 is 0. The number of hydrogen-bond donors (Lipinski definition) is 2. The van der Waals surface area contributed by atoms with E-state index in [2.05, 4.69) is 0 Å². The number of halogens is 3. The van der Waals surface area contributed by atoms with E-state index in [-0.39, 0.29) is 0 Å². The SMILES string of the molecule is CC(C)(C)[C@H](N)c1c(O)cc(F)c(F)c1F. The van der Waals surface area contributed by atoms with Crippen LogP contribution in [0, 0.1) is 22.9 Å². The van der Waals surface area contributed by atoms with Crippen molar-refractivity contribution >= 4 is 0 Å². The number of hydrogen-bond acceptors (Lipinski definition) is 2. The van der Waals surface area contributed by atoms with E-state index < -0.39 is 40.2 Å². The normalized spacial score (nSPS) is 13.9. The van der Waals surface area contributed by atoms with Crippen LogP contribution in [0.15, 0.2) is 6.07 Å². The fourth-order valence-electron chi connectivity index (χ4n) is 1.33. The lowest BCUT2D eigenvalue weighted by Gasteiger charge is -2.28. The predicted octanol–water partition coefficient (Wildman–Crippen LogP) is 2.86. The summed E-state index contributed by atoms with van der Waals surface area (Å²) in [5.41, 5.74) is 4.73. The summed E-state index contributed by atoms with van der Waals surface area (Å²) in [7, 11) is 0. The molecule has 0 spiro atoms. The zero-order valence-electron chi connectivity index (χ0n) is 9.31. The van der Waals surface area contributed by atoms with Crippen LogP contribution in [0.2, 0.25) is 0 Å². The molecule has 0 aromatic heterocycles. The third-order valence-corrected chi connectivity index (χ3v) is 2.42. The van der Waals surface area contributed by atoms with Gasteiger partial charge in [-0.3, -0.25) is 0 Å².